The van der Waals surface area contributed by atoms with Crippen molar-refractivity contribution < 1.29 is 9.84 Å². The number of nitrogen functional groups attached to an aromatic ring is 1. The van der Waals surface area contributed by atoms with Gasteiger partial charge in [-0.2, -0.15) is 0 Å². The molecule has 0 radical (unpaired) electrons. The van der Waals surface area contributed by atoms with Gasteiger partial charge in [-0.05, 0) is 50.4 Å². The number of anilines is 2. The van der Waals surface area contributed by atoms with Gasteiger partial charge in [0.2, 0.25) is 0 Å². The van der Waals surface area contributed by atoms with Crippen molar-refractivity contribution in [3.8, 4) is 17.0 Å². The average molecular weight is 457 g/mol. The molecule has 3 heterocycles. The molecular weight excluding hydrogens is 416 g/mol. The molecule has 182 valence electrons. The molecule has 0 bridgehead atoms. The van der Waals surface area contributed by atoms with E-state index in [4.69, 9.17) is 10.5 Å². The van der Waals surface area contributed by atoms with E-state index in [0.717, 1.165) is 64.4 Å². The van der Waals surface area contributed by atoms with E-state index in [-0.39, 0.29) is 11.9 Å². The fraction of sp³-hybridized carbons (Fsp3) is 0.600. The number of benzene rings is 1. The second-order valence-electron chi connectivity index (χ2n) is 8.81. The van der Waals surface area contributed by atoms with E-state index in [1.54, 1.807) is 12.1 Å². The maximum Gasteiger partial charge on any atom is 0.169 e. The third-order valence-corrected chi connectivity index (χ3v) is 6.56. The number of hydrogen-bond acceptors (Lipinski definition) is 8. The van der Waals surface area contributed by atoms with Gasteiger partial charge in [0.25, 0.3) is 0 Å². The summed E-state index contributed by atoms with van der Waals surface area (Å²) in [5, 5.41) is 21.8. The number of likely N-dealkylation sites (N-methyl/N-ethyl adjacent to an activating group) is 1. The van der Waals surface area contributed by atoms with Crippen LogP contribution >= 0.6 is 0 Å². The number of aromatic nitrogens is 2. The van der Waals surface area contributed by atoms with Crippen LogP contribution in [0.5, 0.6) is 5.75 Å². The predicted octanol–water partition coefficient (Wildman–Crippen LogP) is 2.98. The van der Waals surface area contributed by atoms with Crippen molar-refractivity contribution in [1.82, 2.24) is 20.4 Å². The minimum atomic E-state index is 0.198. The van der Waals surface area contributed by atoms with Gasteiger partial charge in [-0.25, -0.2) is 0 Å². The summed E-state index contributed by atoms with van der Waals surface area (Å²) in [6, 6.07) is 9.13. The molecule has 2 fully saturated rings. The first-order valence-corrected chi connectivity index (χ1v) is 12.2. The Labute approximate surface area is 198 Å². The Kier molecular flexibility index (Phi) is 8.88. The predicted molar refractivity (Wildman–Crippen MR) is 135 cm³/mol. The lowest BCUT2D eigenvalue weighted by atomic mass is 9.72. The average Bonchev–Trinajstić information content (AvgIpc) is 2.81. The Balaban J connectivity index is 0.00000149. The van der Waals surface area contributed by atoms with Crippen LogP contribution in [0.1, 0.15) is 33.6 Å². The maximum absolute atomic E-state index is 10.2. The van der Waals surface area contributed by atoms with Gasteiger partial charge in [-0.1, -0.05) is 26.0 Å². The highest BCUT2D eigenvalue weighted by atomic mass is 16.5. The third-order valence-electron chi connectivity index (χ3n) is 6.56. The number of phenolic OH excluding ortho intramolecular Hbond substituents is 1. The lowest BCUT2D eigenvalue weighted by Gasteiger charge is -2.55. The van der Waals surface area contributed by atoms with Crippen molar-refractivity contribution in [3.05, 3.63) is 30.3 Å². The first-order chi connectivity index (χ1) is 16.0. The summed E-state index contributed by atoms with van der Waals surface area (Å²) in [4.78, 5) is 4.83. The zero-order chi connectivity index (χ0) is 23.8. The fourth-order valence-corrected chi connectivity index (χ4v) is 4.96. The Morgan fingerprint density at radius 3 is 2.52 bits per heavy atom. The molecule has 1 aromatic carbocycles. The van der Waals surface area contributed by atoms with Crippen LogP contribution < -0.4 is 16.0 Å². The minimum Gasteiger partial charge on any atom is -0.507 e. The van der Waals surface area contributed by atoms with Crippen LogP contribution in [0.25, 0.3) is 11.3 Å². The summed E-state index contributed by atoms with van der Waals surface area (Å²) in [5.74, 6) is 0.639. The largest absolute Gasteiger partial charge is 0.507 e. The molecule has 2 aliphatic rings. The van der Waals surface area contributed by atoms with E-state index in [2.05, 4.69) is 32.2 Å². The second kappa shape index (κ2) is 11.6. The van der Waals surface area contributed by atoms with Gasteiger partial charge in [0.15, 0.2) is 5.82 Å². The standard InChI is InChI=1S/C23H34N6O2.C2H6/c1-3-31-17(13-25-2)14-28-15-23(16-28)8-10-29(11-9-23)20-12-19(26-27-22(20)24)18-6-4-5-7-21(18)30;1-2/h4-7,12,17,25,30H,3,8-11,13-16H2,1-2H3,(H2,24,27);1-2H3. The van der Waals surface area contributed by atoms with Gasteiger partial charge in [0.1, 0.15) is 5.75 Å². The molecule has 4 N–H and O–H groups in total. The number of nitrogens with zero attached hydrogens (tertiary/aromatic N) is 4. The van der Waals surface area contributed by atoms with Crippen molar-refractivity contribution in [2.24, 2.45) is 5.41 Å². The number of piperidine rings is 1. The van der Waals surface area contributed by atoms with Crippen LogP contribution in [0, 0.1) is 5.41 Å². The molecule has 0 saturated carbocycles. The number of nitrogens with two attached hydrogens (primary N) is 1. The summed E-state index contributed by atoms with van der Waals surface area (Å²) in [7, 11) is 1.98. The SMILES string of the molecule is CC.CCOC(CNC)CN1CC2(CCN(c3cc(-c4ccccc4O)nnc3N)CC2)C1. The van der Waals surface area contributed by atoms with E-state index in [0.29, 0.717) is 22.5 Å². The Hall–Kier alpha value is -2.42. The molecule has 1 atom stereocenters. The molecular formula is C25H40N6O2. The minimum absolute atomic E-state index is 0.198. The number of phenols is 1. The van der Waals surface area contributed by atoms with Gasteiger partial charge in [-0.3, -0.25) is 4.90 Å². The highest BCUT2D eigenvalue weighted by Crippen LogP contribution is 2.42. The molecule has 1 unspecified atom stereocenters. The van der Waals surface area contributed by atoms with Crippen LogP contribution in [0.3, 0.4) is 0 Å². The van der Waals surface area contributed by atoms with E-state index >= 15 is 0 Å². The molecule has 8 nitrogen and oxygen atoms in total. The molecule has 33 heavy (non-hydrogen) atoms. The molecule has 1 spiro atoms. The van der Waals surface area contributed by atoms with E-state index in [9.17, 15) is 5.11 Å². The highest BCUT2D eigenvalue weighted by Gasteiger charge is 2.45. The lowest BCUT2D eigenvalue weighted by molar-refractivity contribution is -0.0554. The van der Waals surface area contributed by atoms with Crippen LogP contribution in [-0.4, -0.2) is 79.2 Å². The molecule has 1 aromatic heterocycles. The molecule has 2 aliphatic heterocycles. The van der Waals surface area contributed by atoms with Crippen LogP contribution in [0.4, 0.5) is 11.5 Å². The lowest BCUT2D eigenvalue weighted by Crippen LogP contribution is -2.62. The fourth-order valence-electron chi connectivity index (χ4n) is 4.96. The second-order valence-corrected chi connectivity index (χ2v) is 8.81. The molecule has 8 heteroatoms. The quantitative estimate of drug-likeness (QED) is 0.558. The van der Waals surface area contributed by atoms with Gasteiger partial charge < -0.3 is 25.8 Å². The summed E-state index contributed by atoms with van der Waals surface area (Å²) in [6.07, 6.45) is 2.54. The number of aromatic hydroxyl groups is 1. The van der Waals surface area contributed by atoms with Crippen molar-refractivity contribution in [1.29, 1.82) is 0 Å². The summed E-state index contributed by atoms with van der Waals surface area (Å²) in [5.41, 5.74) is 8.80. The van der Waals surface area contributed by atoms with Crippen molar-refractivity contribution in [2.75, 3.05) is 63.6 Å². The number of nitrogens with one attached hydrogen (secondary N) is 1. The molecule has 0 amide bonds. The van der Waals surface area contributed by atoms with Gasteiger partial charge in [0.05, 0.1) is 17.5 Å². The number of hydrogen-bond donors (Lipinski definition) is 3. The van der Waals surface area contributed by atoms with Crippen LogP contribution in [-0.2, 0) is 4.74 Å². The van der Waals surface area contributed by atoms with E-state index in [1.807, 2.05) is 39.1 Å². The Morgan fingerprint density at radius 1 is 1.18 bits per heavy atom. The maximum atomic E-state index is 10.2. The monoisotopic (exact) mass is 456 g/mol. The first-order valence-electron chi connectivity index (χ1n) is 12.2. The molecule has 0 aliphatic carbocycles. The van der Waals surface area contributed by atoms with Gasteiger partial charge in [-0.15, -0.1) is 10.2 Å². The number of ether oxygens (including phenoxy) is 1. The molecule has 4 rings (SSSR count). The van der Waals surface area contributed by atoms with E-state index in [1.165, 1.54) is 0 Å². The normalized spacial score (nSPS) is 18.4. The first kappa shape index (κ1) is 25.2. The molecule has 2 aromatic rings. The summed E-state index contributed by atoms with van der Waals surface area (Å²) >= 11 is 0. The number of para-hydroxylation sites is 1. The van der Waals surface area contributed by atoms with Crippen molar-refractivity contribution in [2.45, 2.75) is 39.7 Å². The zero-order valence-electron chi connectivity index (χ0n) is 20.5. The zero-order valence-corrected chi connectivity index (χ0v) is 20.5. The summed E-state index contributed by atoms with van der Waals surface area (Å²) in [6.45, 7) is 12.9. The number of likely N-dealkylation sites (tertiary alicyclic amines) is 1. The van der Waals surface area contributed by atoms with E-state index < -0.39 is 0 Å². The summed E-state index contributed by atoms with van der Waals surface area (Å²) < 4.78 is 5.85. The number of rotatable bonds is 8. The topological polar surface area (TPSA) is 99.8 Å². The Bertz CT molecular complexity index is 871. The van der Waals surface area contributed by atoms with Gasteiger partial charge >= 0.3 is 0 Å². The third kappa shape index (κ3) is 5.93. The highest BCUT2D eigenvalue weighted by molar-refractivity contribution is 5.74. The van der Waals surface area contributed by atoms with Crippen molar-refractivity contribution >= 4 is 11.5 Å². The molecule has 2 saturated heterocycles. The van der Waals surface area contributed by atoms with Crippen LogP contribution in [0.15, 0.2) is 30.3 Å². The van der Waals surface area contributed by atoms with Crippen LogP contribution in [0.2, 0.25) is 0 Å². The Morgan fingerprint density at radius 2 is 1.88 bits per heavy atom. The van der Waals surface area contributed by atoms with Crippen molar-refractivity contribution in [3.63, 3.8) is 0 Å². The smallest absolute Gasteiger partial charge is 0.169 e. The van der Waals surface area contributed by atoms with Gasteiger partial charge in [0, 0.05) is 51.4 Å².